The van der Waals surface area contributed by atoms with Gasteiger partial charge in [0.25, 0.3) is 5.91 Å². The zero-order valence-corrected chi connectivity index (χ0v) is 11.0. The van der Waals surface area contributed by atoms with E-state index in [4.69, 9.17) is 20.9 Å². The first-order valence-electron chi connectivity index (χ1n) is 5.38. The Morgan fingerprint density at radius 1 is 1.71 bits per heavy atom. The van der Waals surface area contributed by atoms with Crippen LogP contribution in [0, 0.1) is 0 Å². The van der Waals surface area contributed by atoms with Gasteiger partial charge >= 0.3 is 0 Å². The van der Waals surface area contributed by atoms with Crippen LogP contribution < -0.4 is 0 Å². The molecule has 6 heteroatoms. The van der Waals surface area contributed by atoms with Gasteiger partial charge in [0.2, 0.25) is 0 Å². The van der Waals surface area contributed by atoms with Crippen LogP contribution in [0.5, 0.6) is 0 Å². The van der Waals surface area contributed by atoms with Crippen LogP contribution in [0.15, 0.2) is 10.6 Å². The average molecular weight is 261 g/mol. The lowest BCUT2D eigenvalue weighted by Gasteiger charge is -2.15. The molecule has 1 unspecified atom stereocenters. The molecule has 0 aliphatic rings. The number of rotatable bonds is 6. The quantitative estimate of drug-likeness (QED) is 0.733. The summed E-state index contributed by atoms with van der Waals surface area (Å²) in [5.41, 5.74) is 0.293. The maximum absolute atomic E-state index is 11.9. The average Bonchev–Trinajstić information content (AvgIpc) is 2.74. The van der Waals surface area contributed by atoms with Gasteiger partial charge in [-0.2, -0.15) is 0 Å². The van der Waals surface area contributed by atoms with Crippen LogP contribution in [-0.4, -0.2) is 42.0 Å². The molecule has 0 aliphatic heterocycles. The largest absolute Gasteiger partial charge is 0.377 e. The Morgan fingerprint density at radius 3 is 3.00 bits per heavy atom. The van der Waals surface area contributed by atoms with Crippen molar-refractivity contribution in [2.24, 2.45) is 0 Å². The Hall–Kier alpha value is -1.07. The van der Waals surface area contributed by atoms with Crippen LogP contribution >= 0.6 is 11.6 Å². The van der Waals surface area contributed by atoms with E-state index in [1.54, 1.807) is 25.1 Å². The minimum atomic E-state index is -0.173. The molecule has 1 heterocycles. The van der Waals surface area contributed by atoms with E-state index in [1.165, 1.54) is 0 Å². The van der Waals surface area contributed by atoms with Crippen molar-refractivity contribution in [2.45, 2.75) is 25.3 Å². The number of alkyl halides is 1. The lowest BCUT2D eigenvalue weighted by molar-refractivity contribution is 0.0783. The first-order valence-corrected chi connectivity index (χ1v) is 5.82. The van der Waals surface area contributed by atoms with Gasteiger partial charge in [0.05, 0.1) is 0 Å². The predicted octanol–water partition coefficient (Wildman–Crippen LogP) is 1.91. The number of halogens is 1. The van der Waals surface area contributed by atoms with Crippen LogP contribution in [0.3, 0.4) is 0 Å². The normalized spacial score (nSPS) is 12.5. The molecule has 5 nitrogen and oxygen atoms in total. The van der Waals surface area contributed by atoms with Crippen molar-refractivity contribution in [2.75, 3.05) is 20.7 Å². The topological polar surface area (TPSA) is 55.6 Å². The van der Waals surface area contributed by atoms with E-state index in [2.05, 4.69) is 5.16 Å². The van der Waals surface area contributed by atoms with Crippen LogP contribution in [0.1, 0.15) is 29.6 Å². The summed E-state index contributed by atoms with van der Waals surface area (Å²) in [6.45, 7) is 2.80. The maximum Gasteiger partial charge on any atom is 0.275 e. The molecule has 1 aromatic rings. The van der Waals surface area contributed by atoms with Crippen LogP contribution in [0.4, 0.5) is 0 Å². The van der Waals surface area contributed by atoms with Gasteiger partial charge in [0.1, 0.15) is 6.61 Å². The lowest BCUT2D eigenvalue weighted by Crippen LogP contribution is -2.29. The summed E-state index contributed by atoms with van der Waals surface area (Å²) in [4.78, 5) is 13.5. The van der Waals surface area contributed by atoms with Crippen molar-refractivity contribution in [3.63, 3.8) is 0 Å². The van der Waals surface area contributed by atoms with E-state index in [0.29, 0.717) is 24.6 Å². The number of nitrogens with zero attached hydrogens (tertiary/aromatic N) is 2. The van der Waals surface area contributed by atoms with Crippen molar-refractivity contribution >= 4 is 17.5 Å². The first kappa shape index (κ1) is 14.0. The summed E-state index contributed by atoms with van der Waals surface area (Å²) in [5.74, 6) is 0.364. The van der Waals surface area contributed by atoms with Gasteiger partial charge in [-0.15, -0.1) is 11.6 Å². The highest BCUT2D eigenvalue weighted by atomic mass is 35.5. The summed E-state index contributed by atoms with van der Waals surface area (Å²) < 4.78 is 9.84. The number of aromatic nitrogens is 1. The molecule has 0 aliphatic carbocycles. The Morgan fingerprint density at radius 2 is 2.41 bits per heavy atom. The molecule has 1 amide bonds. The van der Waals surface area contributed by atoms with Crippen LogP contribution in [0.25, 0.3) is 0 Å². The Balaban J connectivity index is 2.55. The highest BCUT2D eigenvalue weighted by molar-refractivity contribution is 6.20. The lowest BCUT2D eigenvalue weighted by atomic mass is 10.3. The fourth-order valence-corrected chi connectivity index (χ4v) is 1.39. The number of methoxy groups -OCH3 is 1. The molecular weight excluding hydrogens is 244 g/mol. The number of hydrogen-bond acceptors (Lipinski definition) is 4. The third-order valence-corrected chi connectivity index (χ3v) is 2.49. The van der Waals surface area contributed by atoms with Gasteiger partial charge in [-0.05, 0) is 13.3 Å². The molecule has 1 rings (SSSR count). The SMILES string of the molecule is COCc1cc(C(=O)N(C)CCC(C)Cl)no1. The van der Waals surface area contributed by atoms with Crippen molar-refractivity contribution in [1.82, 2.24) is 10.1 Å². The van der Waals surface area contributed by atoms with E-state index in [-0.39, 0.29) is 11.3 Å². The molecular formula is C11H17ClN2O3. The molecule has 0 saturated carbocycles. The van der Waals surface area contributed by atoms with Gasteiger partial charge in [-0.1, -0.05) is 5.16 Å². The van der Waals surface area contributed by atoms with Crippen molar-refractivity contribution in [3.8, 4) is 0 Å². The fourth-order valence-electron chi connectivity index (χ4n) is 1.29. The molecule has 0 bridgehead atoms. The molecule has 0 spiro atoms. The summed E-state index contributed by atoms with van der Waals surface area (Å²) in [6, 6.07) is 1.59. The summed E-state index contributed by atoms with van der Waals surface area (Å²) in [5, 5.41) is 3.75. The number of ether oxygens (including phenoxy) is 1. The zero-order valence-electron chi connectivity index (χ0n) is 10.3. The fraction of sp³-hybridized carbons (Fsp3) is 0.636. The predicted molar refractivity (Wildman–Crippen MR) is 64.1 cm³/mol. The molecule has 1 atom stereocenters. The molecule has 0 saturated heterocycles. The highest BCUT2D eigenvalue weighted by Crippen LogP contribution is 2.08. The number of carbonyl (C=O) groups is 1. The van der Waals surface area contributed by atoms with E-state index in [1.807, 2.05) is 6.92 Å². The minimum Gasteiger partial charge on any atom is -0.377 e. The van der Waals surface area contributed by atoms with E-state index in [9.17, 15) is 4.79 Å². The first-order chi connectivity index (χ1) is 8.04. The van der Waals surface area contributed by atoms with Crippen LogP contribution in [-0.2, 0) is 11.3 Å². The third-order valence-electron chi connectivity index (χ3n) is 2.27. The van der Waals surface area contributed by atoms with E-state index in [0.717, 1.165) is 6.42 Å². The molecule has 0 N–H and O–H groups in total. The Bertz CT molecular complexity index is 365. The van der Waals surface area contributed by atoms with Crippen molar-refractivity contribution < 1.29 is 14.1 Å². The molecule has 0 radical (unpaired) electrons. The van der Waals surface area contributed by atoms with Gasteiger partial charge in [0.15, 0.2) is 11.5 Å². The van der Waals surface area contributed by atoms with Crippen molar-refractivity contribution in [3.05, 3.63) is 17.5 Å². The standard InChI is InChI=1S/C11H17ClN2O3/c1-8(12)4-5-14(2)11(15)10-6-9(7-16-3)17-13-10/h6,8H,4-5,7H2,1-3H3. The minimum absolute atomic E-state index is 0.0478. The molecule has 96 valence electrons. The Kier molecular flexibility index (Phi) is 5.44. The number of hydrogen-bond donors (Lipinski definition) is 0. The van der Waals surface area contributed by atoms with Gasteiger partial charge in [-0.25, -0.2) is 0 Å². The number of amides is 1. The monoisotopic (exact) mass is 260 g/mol. The summed E-state index contributed by atoms with van der Waals surface area (Å²) in [7, 11) is 3.27. The summed E-state index contributed by atoms with van der Waals surface area (Å²) >= 11 is 5.83. The summed E-state index contributed by atoms with van der Waals surface area (Å²) in [6.07, 6.45) is 0.743. The van der Waals surface area contributed by atoms with Gasteiger partial charge in [-0.3, -0.25) is 4.79 Å². The Labute approximate surface area is 106 Å². The molecule has 1 aromatic heterocycles. The molecule has 0 fully saturated rings. The van der Waals surface area contributed by atoms with Gasteiger partial charge < -0.3 is 14.2 Å². The van der Waals surface area contributed by atoms with Crippen molar-refractivity contribution in [1.29, 1.82) is 0 Å². The second-order valence-corrected chi connectivity index (χ2v) is 4.65. The smallest absolute Gasteiger partial charge is 0.275 e. The molecule has 17 heavy (non-hydrogen) atoms. The third kappa shape index (κ3) is 4.36. The van der Waals surface area contributed by atoms with E-state index < -0.39 is 0 Å². The molecule has 0 aromatic carbocycles. The number of carbonyl (C=O) groups excluding carboxylic acids is 1. The highest BCUT2D eigenvalue weighted by Gasteiger charge is 2.17. The second-order valence-electron chi connectivity index (χ2n) is 3.91. The van der Waals surface area contributed by atoms with Crippen LogP contribution in [0.2, 0.25) is 0 Å². The van der Waals surface area contributed by atoms with E-state index >= 15 is 0 Å². The van der Waals surface area contributed by atoms with Gasteiger partial charge in [0, 0.05) is 32.1 Å². The second kappa shape index (κ2) is 6.61. The zero-order chi connectivity index (χ0) is 12.8. The maximum atomic E-state index is 11.9.